The van der Waals surface area contributed by atoms with Gasteiger partial charge >= 0.3 is 0 Å². The van der Waals surface area contributed by atoms with Crippen molar-refractivity contribution in [3.63, 3.8) is 0 Å². The van der Waals surface area contributed by atoms with Crippen molar-refractivity contribution in [1.82, 2.24) is 24.7 Å². The fraction of sp³-hybridized carbons (Fsp3) is 0.308. The van der Waals surface area contributed by atoms with Gasteiger partial charge in [0.1, 0.15) is 5.03 Å². The van der Waals surface area contributed by atoms with E-state index in [4.69, 9.17) is 0 Å². The van der Waals surface area contributed by atoms with E-state index in [1.165, 1.54) is 17.8 Å². The number of hydrogen-bond acceptors (Lipinski definition) is 6. The molecule has 110 valence electrons. The molecule has 0 saturated heterocycles. The van der Waals surface area contributed by atoms with Crippen LogP contribution in [0.4, 0.5) is 0 Å². The van der Waals surface area contributed by atoms with Gasteiger partial charge < -0.3 is 10.3 Å². The molecule has 0 unspecified atom stereocenters. The highest BCUT2D eigenvalue weighted by atomic mass is 32.2. The molecule has 0 spiro atoms. The van der Waals surface area contributed by atoms with Gasteiger partial charge in [-0.05, 0) is 25.2 Å². The third kappa shape index (κ3) is 3.02. The average Bonchev–Trinajstić information content (AvgIpc) is 2.96. The van der Waals surface area contributed by atoms with Crippen LogP contribution in [0.15, 0.2) is 32.6 Å². The normalized spacial score (nSPS) is 11.3. The second-order valence-corrected chi connectivity index (χ2v) is 6.34. The number of imidazole rings is 1. The van der Waals surface area contributed by atoms with E-state index in [1.54, 1.807) is 11.3 Å². The number of nitrogens with zero attached hydrogens (tertiary/aromatic N) is 3. The Labute approximate surface area is 129 Å². The largest absolute Gasteiger partial charge is 0.311 e. The van der Waals surface area contributed by atoms with Crippen molar-refractivity contribution in [2.24, 2.45) is 0 Å². The maximum atomic E-state index is 11.5. The molecule has 0 aliphatic rings. The Morgan fingerprint density at radius 3 is 3.10 bits per heavy atom. The number of rotatable bonds is 5. The third-order valence-corrected chi connectivity index (χ3v) is 4.57. The number of aromatic nitrogens is 4. The van der Waals surface area contributed by atoms with Crippen LogP contribution in [0.2, 0.25) is 0 Å². The summed E-state index contributed by atoms with van der Waals surface area (Å²) in [6.07, 6.45) is 2.01. The maximum absolute atomic E-state index is 11.5. The molecule has 3 aromatic heterocycles. The van der Waals surface area contributed by atoms with Crippen LogP contribution in [0, 0.1) is 6.92 Å². The topological polar surface area (TPSA) is 75.1 Å². The standard InChI is InChI=1S/C13H15N5OS2/c1-3-14-7-9-11(17-13-18(9)4-5-20-13)21-12-15-8(2)6-10(19)16-12/h4-6,14H,3,7H2,1-2H3,(H,15,16,19). The van der Waals surface area contributed by atoms with Gasteiger partial charge in [0.15, 0.2) is 10.1 Å². The number of thiazole rings is 1. The van der Waals surface area contributed by atoms with Gasteiger partial charge in [0, 0.05) is 29.9 Å². The molecule has 3 heterocycles. The molecule has 0 bridgehead atoms. The zero-order chi connectivity index (χ0) is 14.8. The lowest BCUT2D eigenvalue weighted by Gasteiger charge is -2.04. The molecule has 0 aliphatic heterocycles. The first-order valence-electron chi connectivity index (χ1n) is 6.58. The lowest BCUT2D eigenvalue weighted by molar-refractivity contribution is 0.694. The van der Waals surface area contributed by atoms with Crippen molar-refractivity contribution in [3.05, 3.63) is 39.4 Å². The number of fused-ring (bicyclic) bond motifs is 1. The Hall–Kier alpha value is -1.64. The van der Waals surface area contributed by atoms with E-state index in [0.29, 0.717) is 10.9 Å². The van der Waals surface area contributed by atoms with Gasteiger partial charge in [-0.2, -0.15) is 0 Å². The molecule has 21 heavy (non-hydrogen) atoms. The van der Waals surface area contributed by atoms with Gasteiger partial charge in [-0.25, -0.2) is 9.97 Å². The lowest BCUT2D eigenvalue weighted by Crippen LogP contribution is -2.14. The Kier molecular flexibility index (Phi) is 4.09. The molecular formula is C13H15N5OS2. The van der Waals surface area contributed by atoms with Gasteiger partial charge in [0.25, 0.3) is 5.56 Å². The first-order chi connectivity index (χ1) is 10.2. The number of aromatic amines is 1. The molecule has 0 radical (unpaired) electrons. The molecule has 6 nitrogen and oxygen atoms in total. The Balaban J connectivity index is 1.98. The molecule has 8 heteroatoms. The zero-order valence-electron chi connectivity index (χ0n) is 11.7. The van der Waals surface area contributed by atoms with Crippen LogP contribution >= 0.6 is 23.1 Å². The number of hydrogen-bond donors (Lipinski definition) is 2. The molecule has 3 rings (SSSR count). The second kappa shape index (κ2) is 6.00. The van der Waals surface area contributed by atoms with E-state index in [2.05, 4.69) is 31.6 Å². The minimum absolute atomic E-state index is 0.140. The smallest absolute Gasteiger partial charge is 0.251 e. The molecule has 0 amide bonds. The molecule has 0 atom stereocenters. The van der Waals surface area contributed by atoms with Crippen LogP contribution in [0.3, 0.4) is 0 Å². The van der Waals surface area contributed by atoms with Gasteiger partial charge in [0.2, 0.25) is 0 Å². The van der Waals surface area contributed by atoms with E-state index in [9.17, 15) is 4.79 Å². The van der Waals surface area contributed by atoms with Crippen LogP contribution < -0.4 is 10.9 Å². The summed E-state index contributed by atoms with van der Waals surface area (Å²) in [5.41, 5.74) is 1.65. The van der Waals surface area contributed by atoms with Crippen molar-refractivity contribution >= 4 is 28.1 Å². The SMILES string of the molecule is CCNCc1c(Sc2nc(C)cc(=O)[nH]2)nc2sccn12. The summed E-state index contributed by atoms with van der Waals surface area (Å²) < 4.78 is 2.07. The molecule has 0 aliphatic carbocycles. The van der Waals surface area contributed by atoms with Crippen LogP contribution in [0.1, 0.15) is 18.3 Å². The van der Waals surface area contributed by atoms with Crippen molar-refractivity contribution in [2.75, 3.05) is 6.54 Å². The van der Waals surface area contributed by atoms with Gasteiger partial charge in [0.05, 0.1) is 5.69 Å². The van der Waals surface area contributed by atoms with Gasteiger partial charge in [-0.15, -0.1) is 11.3 Å². The monoisotopic (exact) mass is 321 g/mol. The summed E-state index contributed by atoms with van der Waals surface area (Å²) in [4.78, 5) is 24.2. The zero-order valence-corrected chi connectivity index (χ0v) is 13.3. The Morgan fingerprint density at radius 2 is 2.33 bits per heavy atom. The Morgan fingerprint density at radius 1 is 1.48 bits per heavy atom. The highest BCUT2D eigenvalue weighted by Crippen LogP contribution is 2.29. The van der Waals surface area contributed by atoms with E-state index in [0.717, 1.165) is 28.8 Å². The highest BCUT2D eigenvalue weighted by Gasteiger charge is 2.15. The van der Waals surface area contributed by atoms with E-state index < -0.39 is 0 Å². The van der Waals surface area contributed by atoms with Crippen molar-refractivity contribution in [2.45, 2.75) is 30.6 Å². The van der Waals surface area contributed by atoms with Crippen LogP contribution in [-0.4, -0.2) is 25.9 Å². The number of aryl methyl sites for hydroxylation is 1. The molecule has 0 fully saturated rings. The van der Waals surface area contributed by atoms with Crippen LogP contribution in [0.5, 0.6) is 0 Å². The summed E-state index contributed by atoms with van der Waals surface area (Å²) in [5.74, 6) is 0. The summed E-state index contributed by atoms with van der Waals surface area (Å²) >= 11 is 2.98. The predicted molar refractivity (Wildman–Crippen MR) is 84.2 cm³/mol. The van der Waals surface area contributed by atoms with E-state index in [1.807, 2.05) is 18.5 Å². The molecule has 2 N–H and O–H groups in total. The van der Waals surface area contributed by atoms with E-state index in [-0.39, 0.29) is 5.56 Å². The van der Waals surface area contributed by atoms with Crippen molar-refractivity contribution < 1.29 is 0 Å². The summed E-state index contributed by atoms with van der Waals surface area (Å²) in [5, 5.41) is 6.78. The lowest BCUT2D eigenvalue weighted by atomic mass is 10.4. The summed E-state index contributed by atoms with van der Waals surface area (Å²) in [6.45, 7) is 5.50. The first kappa shape index (κ1) is 14.3. The van der Waals surface area contributed by atoms with Crippen LogP contribution in [-0.2, 0) is 6.54 Å². The van der Waals surface area contributed by atoms with Crippen LogP contribution in [0.25, 0.3) is 4.96 Å². The minimum Gasteiger partial charge on any atom is -0.311 e. The van der Waals surface area contributed by atoms with E-state index >= 15 is 0 Å². The molecular weight excluding hydrogens is 306 g/mol. The minimum atomic E-state index is -0.140. The Bertz CT molecular complexity index is 819. The van der Waals surface area contributed by atoms with Gasteiger partial charge in [-0.1, -0.05) is 6.92 Å². The average molecular weight is 321 g/mol. The predicted octanol–water partition coefficient (Wildman–Crippen LogP) is 2.05. The second-order valence-electron chi connectivity index (χ2n) is 4.49. The fourth-order valence-corrected chi connectivity index (χ4v) is 3.73. The first-order valence-corrected chi connectivity index (χ1v) is 8.28. The maximum Gasteiger partial charge on any atom is 0.251 e. The highest BCUT2D eigenvalue weighted by molar-refractivity contribution is 7.99. The summed E-state index contributed by atoms with van der Waals surface area (Å²) in [6, 6.07) is 1.48. The van der Waals surface area contributed by atoms with Crippen molar-refractivity contribution in [3.8, 4) is 0 Å². The number of nitrogens with one attached hydrogen (secondary N) is 2. The van der Waals surface area contributed by atoms with Crippen molar-refractivity contribution in [1.29, 1.82) is 0 Å². The quantitative estimate of drug-likeness (QED) is 0.704. The molecule has 0 saturated carbocycles. The number of H-pyrrole nitrogens is 1. The summed E-state index contributed by atoms with van der Waals surface area (Å²) in [7, 11) is 0. The fourth-order valence-electron chi connectivity index (χ4n) is 1.99. The molecule has 3 aromatic rings. The van der Waals surface area contributed by atoms with Gasteiger partial charge in [-0.3, -0.25) is 9.20 Å². The third-order valence-electron chi connectivity index (χ3n) is 2.91. The molecule has 0 aromatic carbocycles.